The molecule has 0 aliphatic carbocycles. The topological polar surface area (TPSA) is 139 Å². The number of imide groups is 1. The molecule has 0 unspecified atom stereocenters. The van der Waals surface area contributed by atoms with Crippen LogP contribution in [0.2, 0.25) is 0 Å². The molecule has 12 nitrogen and oxygen atoms in total. The van der Waals surface area contributed by atoms with Crippen molar-refractivity contribution < 1.29 is 33.5 Å². The number of alkyl carbamates (subject to hydrolysis) is 1. The summed E-state index contributed by atoms with van der Waals surface area (Å²) in [5.41, 5.74) is 3.98. The normalized spacial score (nSPS) is 16.9. The second kappa shape index (κ2) is 18.1. The Morgan fingerprint density at radius 1 is 0.827 bits per heavy atom. The molecule has 2 atom stereocenters. The van der Waals surface area contributed by atoms with Gasteiger partial charge in [-0.1, -0.05) is 72.8 Å². The second-order valence-electron chi connectivity index (χ2n) is 14.3. The van der Waals surface area contributed by atoms with Crippen LogP contribution in [0.25, 0.3) is 0 Å². The van der Waals surface area contributed by atoms with Crippen molar-refractivity contribution in [2.45, 2.75) is 70.1 Å². The Morgan fingerprint density at radius 2 is 1.44 bits per heavy atom. The van der Waals surface area contributed by atoms with Gasteiger partial charge in [-0.15, -0.1) is 0 Å². The molecule has 2 aliphatic heterocycles. The number of nitrogens with one attached hydrogen (secondary N) is 3. The number of rotatable bonds is 16. The molecular formula is C40H51N5O7. The molecule has 12 heteroatoms. The van der Waals surface area contributed by atoms with E-state index in [-0.39, 0.29) is 32.2 Å². The molecule has 4 amide bonds. The Labute approximate surface area is 306 Å². The lowest BCUT2D eigenvalue weighted by Gasteiger charge is -2.42. The molecule has 0 saturated carbocycles. The van der Waals surface area contributed by atoms with Gasteiger partial charge in [-0.05, 0) is 56.0 Å². The van der Waals surface area contributed by atoms with Crippen LogP contribution in [0.5, 0.6) is 0 Å². The first-order valence-electron chi connectivity index (χ1n) is 18.0. The highest BCUT2D eigenvalue weighted by molar-refractivity contribution is 6.07. The van der Waals surface area contributed by atoms with E-state index in [0.29, 0.717) is 38.6 Å². The summed E-state index contributed by atoms with van der Waals surface area (Å²) in [6.45, 7) is 9.50. The highest BCUT2D eigenvalue weighted by atomic mass is 16.6. The number of carbonyl (C=O) groups excluding carboxylic acids is 4. The molecule has 2 heterocycles. The summed E-state index contributed by atoms with van der Waals surface area (Å²) in [6, 6.07) is 26.7. The monoisotopic (exact) mass is 713 g/mol. The fraction of sp³-hybridized carbons (Fsp3) is 0.450. The van der Waals surface area contributed by atoms with Crippen LogP contribution in [0.3, 0.4) is 0 Å². The summed E-state index contributed by atoms with van der Waals surface area (Å²) in [4.78, 5) is 64.1. The number of carbonyl (C=O) groups is 4. The van der Waals surface area contributed by atoms with Crippen LogP contribution in [0, 0.1) is 0 Å². The van der Waals surface area contributed by atoms with Gasteiger partial charge in [0.05, 0.1) is 25.5 Å². The number of hydrogen-bond acceptors (Lipinski definition) is 9. The Morgan fingerprint density at radius 3 is 2.06 bits per heavy atom. The van der Waals surface area contributed by atoms with Crippen LogP contribution < -0.4 is 16.1 Å². The maximum atomic E-state index is 14.7. The van der Waals surface area contributed by atoms with Gasteiger partial charge in [0, 0.05) is 57.9 Å². The van der Waals surface area contributed by atoms with Gasteiger partial charge in [-0.2, -0.15) is 0 Å². The minimum atomic E-state index is -1.59. The van der Waals surface area contributed by atoms with E-state index in [4.69, 9.17) is 14.3 Å². The highest BCUT2D eigenvalue weighted by Crippen LogP contribution is 2.37. The molecule has 0 radical (unpaired) electrons. The Hall–Kier alpha value is -4.78. The third-order valence-electron chi connectivity index (χ3n) is 9.19. The summed E-state index contributed by atoms with van der Waals surface area (Å²) >= 11 is 0. The summed E-state index contributed by atoms with van der Waals surface area (Å²) in [5.74, 6) is -1.71. The number of anilines is 1. The van der Waals surface area contributed by atoms with Crippen molar-refractivity contribution in [3.63, 3.8) is 0 Å². The smallest absolute Gasteiger partial charge is 0.407 e. The number of hydrogen-bond donors (Lipinski definition) is 3. The van der Waals surface area contributed by atoms with Gasteiger partial charge >= 0.3 is 6.09 Å². The standard InChI is InChI=1S/C40H51N5O7/c1-39(2,3)52-38(49)42-28-33(32-14-16-34(17-15-32)43-51-29-31-12-8-5-9-13-31)27-40(26-30-10-6-4-7-11-30,45-35(46)18-19-36(45)47)37(48)41-20-21-44-22-24-50-25-23-44/h4-17,33,43H,18-29H2,1-3H3,(H,41,48)(H,42,49)/t33-,40+/m0/s1. The summed E-state index contributed by atoms with van der Waals surface area (Å²) in [6.07, 6.45) is -0.399. The van der Waals surface area contributed by atoms with Crippen molar-refractivity contribution in [3.8, 4) is 0 Å². The maximum Gasteiger partial charge on any atom is 0.407 e. The number of nitrogens with zero attached hydrogens (tertiary/aromatic N) is 2. The van der Waals surface area contributed by atoms with Crippen LogP contribution in [0.4, 0.5) is 10.5 Å². The summed E-state index contributed by atoms with van der Waals surface area (Å²) < 4.78 is 11.0. The van der Waals surface area contributed by atoms with Crippen molar-refractivity contribution in [2.75, 3.05) is 51.4 Å². The molecule has 2 saturated heterocycles. The van der Waals surface area contributed by atoms with Gasteiger partial charge in [-0.3, -0.25) is 34.5 Å². The highest BCUT2D eigenvalue weighted by Gasteiger charge is 2.52. The molecule has 3 aromatic rings. The Balaban J connectivity index is 1.46. The third-order valence-corrected chi connectivity index (χ3v) is 9.19. The predicted octanol–water partition coefficient (Wildman–Crippen LogP) is 4.81. The number of benzene rings is 3. The zero-order valence-corrected chi connectivity index (χ0v) is 30.4. The number of likely N-dealkylation sites (tertiary alicyclic amines) is 1. The lowest BCUT2D eigenvalue weighted by Crippen LogP contribution is -2.63. The molecule has 2 aliphatic rings. The van der Waals surface area contributed by atoms with E-state index in [2.05, 4.69) is 21.0 Å². The van der Waals surface area contributed by atoms with Gasteiger partial charge in [0.15, 0.2) is 0 Å². The average molecular weight is 714 g/mol. The van der Waals surface area contributed by atoms with Crippen LogP contribution in [0.1, 0.15) is 62.6 Å². The van der Waals surface area contributed by atoms with E-state index in [1.165, 1.54) is 4.90 Å². The first kappa shape index (κ1) is 38.5. The molecule has 3 N–H and O–H groups in total. The third kappa shape index (κ3) is 10.9. The Bertz CT molecular complexity index is 1610. The SMILES string of the molecule is CC(C)(C)OC(=O)NC[C@H](C[C@](Cc1ccccc1)(C(=O)NCCN1CCOCC1)N1C(=O)CCC1=O)c1ccc(NOCc2ccccc2)cc1. The number of ether oxygens (including phenoxy) is 2. The van der Waals surface area contributed by atoms with Crippen LogP contribution in [0.15, 0.2) is 84.9 Å². The number of morpholine rings is 1. The van der Waals surface area contributed by atoms with E-state index in [1.54, 1.807) is 20.8 Å². The van der Waals surface area contributed by atoms with Crippen molar-refractivity contribution >= 4 is 29.5 Å². The van der Waals surface area contributed by atoms with Crippen LogP contribution in [-0.4, -0.2) is 90.7 Å². The van der Waals surface area contributed by atoms with Gasteiger partial charge in [0.25, 0.3) is 0 Å². The van der Waals surface area contributed by atoms with E-state index in [0.717, 1.165) is 29.8 Å². The Kier molecular flexibility index (Phi) is 13.4. The van der Waals surface area contributed by atoms with Crippen LogP contribution in [-0.2, 0) is 41.7 Å². The molecule has 0 aromatic heterocycles. The molecule has 52 heavy (non-hydrogen) atoms. The van der Waals surface area contributed by atoms with Crippen LogP contribution >= 0.6 is 0 Å². The second-order valence-corrected chi connectivity index (χ2v) is 14.3. The molecule has 3 aromatic carbocycles. The van der Waals surface area contributed by atoms with E-state index in [9.17, 15) is 19.2 Å². The molecule has 0 spiro atoms. The van der Waals surface area contributed by atoms with Gasteiger partial charge < -0.3 is 20.1 Å². The van der Waals surface area contributed by atoms with Crippen molar-refractivity contribution in [2.24, 2.45) is 0 Å². The molecular weight excluding hydrogens is 662 g/mol. The molecule has 278 valence electrons. The molecule has 5 rings (SSSR count). The first-order chi connectivity index (χ1) is 25.0. The van der Waals surface area contributed by atoms with Gasteiger partial charge in [0.1, 0.15) is 11.1 Å². The van der Waals surface area contributed by atoms with E-state index >= 15 is 0 Å². The van der Waals surface area contributed by atoms with Gasteiger partial charge in [-0.25, -0.2) is 4.79 Å². The zero-order valence-electron chi connectivity index (χ0n) is 30.4. The average Bonchev–Trinajstić information content (AvgIpc) is 3.48. The summed E-state index contributed by atoms with van der Waals surface area (Å²) in [7, 11) is 0. The minimum absolute atomic E-state index is 0.0284. The lowest BCUT2D eigenvalue weighted by atomic mass is 9.77. The van der Waals surface area contributed by atoms with E-state index in [1.807, 2.05) is 84.9 Å². The lowest BCUT2D eigenvalue weighted by molar-refractivity contribution is -0.154. The summed E-state index contributed by atoms with van der Waals surface area (Å²) in [5, 5.41) is 5.99. The van der Waals surface area contributed by atoms with Crippen molar-refractivity contribution in [1.82, 2.24) is 20.4 Å². The van der Waals surface area contributed by atoms with Gasteiger partial charge in [0.2, 0.25) is 17.7 Å². The predicted molar refractivity (Wildman–Crippen MR) is 197 cm³/mol. The minimum Gasteiger partial charge on any atom is -0.444 e. The van der Waals surface area contributed by atoms with Crippen molar-refractivity contribution in [1.29, 1.82) is 0 Å². The van der Waals surface area contributed by atoms with E-state index < -0.39 is 40.9 Å². The largest absolute Gasteiger partial charge is 0.444 e. The zero-order chi connectivity index (χ0) is 37.0. The first-order valence-corrected chi connectivity index (χ1v) is 18.0. The maximum absolute atomic E-state index is 14.7. The fourth-order valence-corrected chi connectivity index (χ4v) is 6.66. The fourth-order valence-electron chi connectivity index (χ4n) is 6.66. The molecule has 0 bridgehead atoms. The van der Waals surface area contributed by atoms with Crippen molar-refractivity contribution in [3.05, 3.63) is 102 Å². The quantitative estimate of drug-likeness (QED) is 0.141. The molecule has 2 fully saturated rings. The number of amides is 4.